The van der Waals surface area contributed by atoms with Crippen LogP contribution >= 0.6 is 15.9 Å². The highest BCUT2D eigenvalue weighted by molar-refractivity contribution is 9.10. The topological polar surface area (TPSA) is 35.8 Å². The first-order valence-corrected chi connectivity index (χ1v) is 6.30. The van der Waals surface area contributed by atoms with Crippen LogP contribution in [-0.4, -0.2) is 24.0 Å². The van der Waals surface area contributed by atoms with Gasteiger partial charge >= 0.3 is 0 Å². The van der Waals surface area contributed by atoms with Gasteiger partial charge in [-0.05, 0) is 43.5 Å². The molecule has 0 saturated carbocycles. The third-order valence-electron chi connectivity index (χ3n) is 2.95. The Labute approximate surface area is 104 Å². The van der Waals surface area contributed by atoms with Crippen molar-refractivity contribution < 1.29 is 5.21 Å². The van der Waals surface area contributed by atoms with Gasteiger partial charge in [-0.25, -0.2) is 0 Å². The van der Waals surface area contributed by atoms with Gasteiger partial charge in [-0.3, -0.25) is 0 Å². The molecule has 1 N–H and O–H groups in total. The van der Waals surface area contributed by atoms with Crippen molar-refractivity contribution in [3.8, 4) is 0 Å². The van der Waals surface area contributed by atoms with Gasteiger partial charge in [-0.1, -0.05) is 21.1 Å². The molecule has 0 aliphatic carbocycles. The number of halogens is 1. The molecule has 86 valence electrons. The van der Waals surface area contributed by atoms with Gasteiger partial charge in [0.05, 0.1) is 12.3 Å². The van der Waals surface area contributed by atoms with E-state index in [1.807, 2.05) is 12.1 Å². The van der Waals surface area contributed by atoms with Crippen molar-refractivity contribution in [2.45, 2.75) is 25.3 Å². The molecule has 1 fully saturated rings. The van der Waals surface area contributed by atoms with Crippen molar-refractivity contribution in [2.24, 2.45) is 5.16 Å². The minimum Gasteiger partial charge on any atom is -0.411 e. The fourth-order valence-corrected chi connectivity index (χ4v) is 2.41. The average Bonchev–Trinajstić information content (AvgIpc) is 2.32. The van der Waals surface area contributed by atoms with Crippen LogP contribution in [0.25, 0.3) is 0 Å². The number of anilines is 1. The maximum absolute atomic E-state index is 8.66. The summed E-state index contributed by atoms with van der Waals surface area (Å²) in [5.41, 5.74) is 1.19. The molecular weight excluding hydrogens is 268 g/mol. The van der Waals surface area contributed by atoms with Crippen LogP contribution in [-0.2, 0) is 0 Å². The summed E-state index contributed by atoms with van der Waals surface area (Å²) in [7, 11) is 0. The largest absolute Gasteiger partial charge is 0.411 e. The molecule has 1 aliphatic heterocycles. The SMILES string of the molecule is O/N=C/C1CCCCN1c1ccc(Br)cc1. The maximum Gasteiger partial charge on any atom is 0.0677 e. The first-order chi connectivity index (χ1) is 7.81. The van der Waals surface area contributed by atoms with E-state index < -0.39 is 0 Å². The van der Waals surface area contributed by atoms with Gasteiger partial charge in [0.2, 0.25) is 0 Å². The lowest BCUT2D eigenvalue weighted by Crippen LogP contribution is -2.40. The maximum atomic E-state index is 8.66. The molecule has 4 heteroatoms. The van der Waals surface area contributed by atoms with E-state index in [9.17, 15) is 0 Å². The van der Waals surface area contributed by atoms with Crippen molar-refractivity contribution in [1.29, 1.82) is 0 Å². The molecular formula is C12H15BrN2O. The molecule has 0 radical (unpaired) electrons. The molecule has 1 unspecified atom stereocenters. The lowest BCUT2D eigenvalue weighted by atomic mass is 10.0. The second-order valence-electron chi connectivity index (χ2n) is 4.00. The number of oxime groups is 1. The fourth-order valence-electron chi connectivity index (χ4n) is 2.14. The zero-order valence-electron chi connectivity index (χ0n) is 9.01. The Morgan fingerprint density at radius 3 is 2.75 bits per heavy atom. The highest BCUT2D eigenvalue weighted by Crippen LogP contribution is 2.25. The van der Waals surface area contributed by atoms with Gasteiger partial charge in [-0.15, -0.1) is 0 Å². The normalized spacial score (nSPS) is 21.6. The summed E-state index contributed by atoms with van der Waals surface area (Å²) in [5.74, 6) is 0. The Morgan fingerprint density at radius 2 is 2.06 bits per heavy atom. The van der Waals surface area contributed by atoms with Gasteiger partial charge in [0.15, 0.2) is 0 Å². The van der Waals surface area contributed by atoms with E-state index in [0.717, 1.165) is 17.4 Å². The van der Waals surface area contributed by atoms with E-state index in [1.54, 1.807) is 6.21 Å². The van der Waals surface area contributed by atoms with E-state index in [4.69, 9.17) is 5.21 Å². The monoisotopic (exact) mass is 282 g/mol. The summed E-state index contributed by atoms with van der Waals surface area (Å²) in [6.07, 6.45) is 5.08. The zero-order chi connectivity index (χ0) is 11.4. The summed E-state index contributed by atoms with van der Waals surface area (Å²) in [5, 5.41) is 11.8. The molecule has 1 saturated heterocycles. The smallest absolute Gasteiger partial charge is 0.0677 e. The number of nitrogens with zero attached hydrogens (tertiary/aromatic N) is 2. The van der Waals surface area contributed by atoms with Crippen LogP contribution < -0.4 is 4.90 Å². The predicted molar refractivity (Wildman–Crippen MR) is 69.4 cm³/mol. The Bertz CT molecular complexity index is 364. The van der Waals surface area contributed by atoms with Crippen molar-refractivity contribution in [1.82, 2.24) is 0 Å². The summed E-state index contributed by atoms with van der Waals surface area (Å²) in [6.45, 7) is 1.03. The predicted octanol–water partition coefficient (Wildman–Crippen LogP) is 3.27. The quantitative estimate of drug-likeness (QED) is 0.513. The van der Waals surface area contributed by atoms with Gasteiger partial charge in [-0.2, -0.15) is 0 Å². The van der Waals surface area contributed by atoms with Crippen molar-refractivity contribution in [2.75, 3.05) is 11.4 Å². The molecule has 2 rings (SSSR count). The summed E-state index contributed by atoms with van der Waals surface area (Å²) < 4.78 is 1.08. The third kappa shape index (κ3) is 2.55. The first kappa shape index (κ1) is 11.5. The highest BCUT2D eigenvalue weighted by atomic mass is 79.9. The lowest BCUT2D eigenvalue weighted by Gasteiger charge is -2.35. The average molecular weight is 283 g/mol. The van der Waals surface area contributed by atoms with Gasteiger partial charge in [0.1, 0.15) is 0 Å². The second-order valence-corrected chi connectivity index (χ2v) is 4.91. The lowest BCUT2D eigenvalue weighted by molar-refractivity contribution is 0.318. The zero-order valence-corrected chi connectivity index (χ0v) is 10.6. The van der Waals surface area contributed by atoms with E-state index >= 15 is 0 Å². The summed E-state index contributed by atoms with van der Waals surface area (Å²) in [4.78, 5) is 2.29. The Balaban J connectivity index is 2.19. The van der Waals surface area contributed by atoms with Crippen LogP contribution in [0.15, 0.2) is 33.9 Å². The molecule has 0 amide bonds. The molecule has 1 aliphatic rings. The van der Waals surface area contributed by atoms with Crippen LogP contribution in [0, 0.1) is 0 Å². The standard InChI is InChI=1S/C12H15BrN2O/c13-10-4-6-11(7-5-10)15-8-2-1-3-12(15)9-14-16/h4-7,9,12,16H,1-3,8H2/b14-9+. The first-order valence-electron chi connectivity index (χ1n) is 5.51. The molecule has 0 bridgehead atoms. The molecule has 16 heavy (non-hydrogen) atoms. The Hall–Kier alpha value is -1.03. The molecule has 1 atom stereocenters. The summed E-state index contributed by atoms with van der Waals surface area (Å²) in [6, 6.07) is 8.48. The van der Waals surface area contributed by atoms with Crippen LogP contribution in [0.4, 0.5) is 5.69 Å². The number of benzene rings is 1. The number of piperidine rings is 1. The van der Waals surface area contributed by atoms with E-state index in [2.05, 4.69) is 38.1 Å². The Morgan fingerprint density at radius 1 is 1.31 bits per heavy atom. The van der Waals surface area contributed by atoms with Crippen LogP contribution in [0.5, 0.6) is 0 Å². The van der Waals surface area contributed by atoms with Gasteiger partial charge < -0.3 is 10.1 Å². The van der Waals surface area contributed by atoms with E-state index in [-0.39, 0.29) is 6.04 Å². The van der Waals surface area contributed by atoms with Gasteiger partial charge in [0.25, 0.3) is 0 Å². The fraction of sp³-hybridized carbons (Fsp3) is 0.417. The summed E-state index contributed by atoms with van der Waals surface area (Å²) >= 11 is 3.43. The van der Waals surface area contributed by atoms with Crippen molar-refractivity contribution in [3.63, 3.8) is 0 Å². The molecule has 3 nitrogen and oxygen atoms in total. The molecule has 0 spiro atoms. The Kier molecular flexibility index (Phi) is 3.83. The molecule has 1 aromatic carbocycles. The third-order valence-corrected chi connectivity index (χ3v) is 3.47. The number of rotatable bonds is 2. The van der Waals surface area contributed by atoms with Crippen molar-refractivity contribution >= 4 is 27.8 Å². The molecule has 0 aromatic heterocycles. The molecule has 1 heterocycles. The van der Waals surface area contributed by atoms with Crippen LogP contribution in [0.2, 0.25) is 0 Å². The number of hydrogen-bond donors (Lipinski definition) is 1. The van der Waals surface area contributed by atoms with Gasteiger partial charge in [0, 0.05) is 16.7 Å². The van der Waals surface area contributed by atoms with E-state index in [0.29, 0.717) is 0 Å². The van der Waals surface area contributed by atoms with Crippen LogP contribution in [0.1, 0.15) is 19.3 Å². The van der Waals surface area contributed by atoms with E-state index in [1.165, 1.54) is 18.5 Å². The van der Waals surface area contributed by atoms with Crippen molar-refractivity contribution in [3.05, 3.63) is 28.7 Å². The number of hydrogen-bond acceptors (Lipinski definition) is 3. The highest BCUT2D eigenvalue weighted by Gasteiger charge is 2.21. The van der Waals surface area contributed by atoms with Crippen LogP contribution in [0.3, 0.4) is 0 Å². The second kappa shape index (κ2) is 5.34. The minimum absolute atomic E-state index is 0.222. The molecule has 1 aromatic rings. The minimum atomic E-state index is 0.222.